The average Bonchev–Trinajstić information content (AvgIpc) is 3.45. The number of amides is 1. The largest absolute Gasteiger partial charge is 0.497 e. The Kier molecular flexibility index (Phi) is 5.79. The van der Waals surface area contributed by atoms with E-state index >= 15 is 0 Å². The lowest BCUT2D eigenvalue weighted by Gasteiger charge is -2.28. The van der Waals surface area contributed by atoms with Crippen LogP contribution in [0.15, 0.2) is 48.7 Å². The van der Waals surface area contributed by atoms with Crippen molar-refractivity contribution in [3.63, 3.8) is 0 Å². The van der Waals surface area contributed by atoms with E-state index in [4.69, 9.17) is 4.74 Å². The van der Waals surface area contributed by atoms with Crippen LogP contribution in [0.25, 0.3) is 11.4 Å². The van der Waals surface area contributed by atoms with E-state index in [-0.39, 0.29) is 18.5 Å². The van der Waals surface area contributed by atoms with E-state index in [9.17, 15) is 4.79 Å². The lowest BCUT2D eigenvalue weighted by molar-refractivity contribution is -0.135. The van der Waals surface area contributed by atoms with Gasteiger partial charge in [0.05, 0.1) is 19.3 Å². The van der Waals surface area contributed by atoms with Crippen LogP contribution in [0.2, 0.25) is 0 Å². The number of rotatable bonds is 7. The number of pyridine rings is 1. The van der Waals surface area contributed by atoms with Gasteiger partial charge in [0.15, 0.2) is 0 Å². The van der Waals surface area contributed by atoms with Gasteiger partial charge in [-0.25, -0.2) is 0 Å². The third-order valence-corrected chi connectivity index (χ3v) is 5.20. The second kappa shape index (κ2) is 8.81. The molecular formula is C21H24N6O2. The molecule has 1 aliphatic carbocycles. The van der Waals surface area contributed by atoms with Crippen LogP contribution in [0.5, 0.6) is 5.75 Å². The molecule has 1 fully saturated rings. The number of tetrazole rings is 1. The normalized spacial score (nSPS) is 14.1. The molecule has 2 heterocycles. The minimum absolute atomic E-state index is 0.0165. The first-order chi connectivity index (χ1) is 14.2. The lowest BCUT2D eigenvalue weighted by Crippen LogP contribution is -2.40. The maximum absolute atomic E-state index is 13.1. The molecule has 29 heavy (non-hydrogen) atoms. The summed E-state index contributed by atoms with van der Waals surface area (Å²) in [6.07, 6.45) is 6.11. The maximum Gasteiger partial charge on any atom is 0.246 e. The molecule has 0 unspecified atom stereocenters. The molecule has 0 saturated heterocycles. The van der Waals surface area contributed by atoms with Crippen LogP contribution in [0, 0.1) is 0 Å². The van der Waals surface area contributed by atoms with Gasteiger partial charge in [-0.05, 0) is 42.3 Å². The Morgan fingerprint density at radius 3 is 2.83 bits per heavy atom. The van der Waals surface area contributed by atoms with Gasteiger partial charge in [-0.1, -0.05) is 31.0 Å². The Bertz CT molecular complexity index is 953. The molecule has 8 nitrogen and oxygen atoms in total. The summed E-state index contributed by atoms with van der Waals surface area (Å²) in [7, 11) is 1.61. The standard InChI is InChI=1S/C21H24N6O2/c1-29-19-11-6-7-16(13-19)21-23-25-27(24-21)15-20(28)26(18-9-2-3-10-18)14-17-8-4-5-12-22-17/h4-8,11-13,18H,2-3,9-10,14-15H2,1H3. The van der Waals surface area contributed by atoms with Crippen molar-refractivity contribution in [2.75, 3.05) is 7.11 Å². The second-order valence-electron chi connectivity index (χ2n) is 7.16. The Morgan fingerprint density at radius 2 is 2.07 bits per heavy atom. The summed E-state index contributed by atoms with van der Waals surface area (Å²) in [5.41, 5.74) is 1.68. The highest BCUT2D eigenvalue weighted by molar-refractivity contribution is 5.76. The predicted molar refractivity (Wildman–Crippen MR) is 107 cm³/mol. The van der Waals surface area contributed by atoms with Gasteiger partial charge in [-0.3, -0.25) is 9.78 Å². The molecule has 1 aromatic carbocycles. The molecular weight excluding hydrogens is 368 g/mol. The quantitative estimate of drug-likeness (QED) is 0.615. The van der Waals surface area contributed by atoms with Crippen LogP contribution < -0.4 is 4.74 Å². The lowest BCUT2D eigenvalue weighted by atomic mass is 10.2. The van der Waals surface area contributed by atoms with Crippen molar-refractivity contribution in [2.24, 2.45) is 0 Å². The first-order valence-corrected chi connectivity index (χ1v) is 9.84. The molecule has 0 aliphatic heterocycles. The van der Waals surface area contributed by atoms with E-state index in [2.05, 4.69) is 20.4 Å². The van der Waals surface area contributed by atoms with Crippen molar-refractivity contribution in [1.29, 1.82) is 0 Å². The summed E-state index contributed by atoms with van der Waals surface area (Å²) >= 11 is 0. The fraction of sp³-hybridized carbons (Fsp3) is 0.381. The van der Waals surface area contributed by atoms with E-state index in [0.717, 1.165) is 42.7 Å². The number of carbonyl (C=O) groups is 1. The zero-order chi connectivity index (χ0) is 20.1. The number of ether oxygens (including phenoxy) is 1. The molecule has 150 valence electrons. The summed E-state index contributed by atoms with van der Waals surface area (Å²) < 4.78 is 5.24. The Hall–Kier alpha value is -3.29. The van der Waals surface area contributed by atoms with Crippen LogP contribution in [0.1, 0.15) is 31.4 Å². The van der Waals surface area contributed by atoms with Crippen LogP contribution >= 0.6 is 0 Å². The smallest absolute Gasteiger partial charge is 0.246 e. The number of hydrogen-bond acceptors (Lipinski definition) is 6. The van der Waals surface area contributed by atoms with E-state index in [0.29, 0.717) is 12.4 Å². The van der Waals surface area contributed by atoms with Gasteiger partial charge in [0, 0.05) is 17.8 Å². The molecule has 0 radical (unpaired) electrons. The third-order valence-electron chi connectivity index (χ3n) is 5.20. The van der Waals surface area contributed by atoms with Crippen LogP contribution in [0.4, 0.5) is 0 Å². The average molecular weight is 392 g/mol. The van der Waals surface area contributed by atoms with Gasteiger partial charge in [-0.15, -0.1) is 10.2 Å². The minimum atomic E-state index is -0.0165. The molecule has 8 heteroatoms. The van der Waals surface area contributed by atoms with Gasteiger partial charge in [-0.2, -0.15) is 4.80 Å². The van der Waals surface area contributed by atoms with Crippen molar-refractivity contribution in [2.45, 2.75) is 44.8 Å². The Morgan fingerprint density at radius 1 is 1.21 bits per heavy atom. The summed E-state index contributed by atoms with van der Waals surface area (Å²) in [5.74, 6) is 1.17. The topological polar surface area (TPSA) is 86.0 Å². The summed E-state index contributed by atoms with van der Waals surface area (Å²) in [6.45, 7) is 0.558. The second-order valence-corrected chi connectivity index (χ2v) is 7.16. The first-order valence-electron chi connectivity index (χ1n) is 9.84. The van der Waals surface area contributed by atoms with Crippen molar-refractivity contribution in [3.8, 4) is 17.1 Å². The predicted octanol–water partition coefficient (Wildman–Crippen LogP) is 2.72. The number of methoxy groups -OCH3 is 1. The molecule has 1 saturated carbocycles. The zero-order valence-corrected chi connectivity index (χ0v) is 16.4. The van der Waals surface area contributed by atoms with E-state index in [1.807, 2.05) is 47.4 Å². The fourth-order valence-electron chi connectivity index (χ4n) is 3.70. The highest BCUT2D eigenvalue weighted by atomic mass is 16.5. The van der Waals surface area contributed by atoms with Crippen LogP contribution in [-0.4, -0.2) is 49.1 Å². The maximum atomic E-state index is 13.1. The summed E-state index contributed by atoms with van der Waals surface area (Å²) in [4.78, 5) is 20.8. The monoisotopic (exact) mass is 392 g/mol. The zero-order valence-electron chi connectivity index (χ0n) is 16.4. The molecule has 1 aliphatic rings. The number of aromatic nitrogens is 5. The number of benzene rings is 1. The van der Waals surface area contributed by atoms with Crippen molar-refractivity contribution in [3.05, 3.63) is 54.4 Å². The highest BCUT2D eigenvalue weighted by Crippen LogP contribution is 2.25. The van der Waals surface area contributed by atoms with Gasteiger partial charge < -0.3 is 9.64 Å². The van der Waals surface area contributed by atoms with Crippen molar-refractivity contribution in [1.82, 2.24) is 30.1 Å². The van der Waals surface area contributed by atoms with Gasteiger partial charge in [0.1, 0.15) is 12.3 Å². The Labute approximate surface area is 169 Å². The summed E-state index contributed by atoms with van der Waals surface area (Å²) in [6, 6.07) is 13.5. The fourth-order valence-corrected chi connectivity index (χ4v) is 3.70. The molecule has 0 bridgehead atoms. The Balaban J connectivity index is 1.49. The van der Waals surface area contributed by atoms with E-state index < -0.39 is 0 Å². The first kappa shape index (κ1) is 19.0. The molecule has 1 amide bonds. The summed E-state index contributed by atoms with van der Waals surface area (Å²) in [5, 5.41) is 12.6. The van der Waals surface area contributed by atoms with E-state index in [1.54, 1.807) is 13.3 Å². The number of carbonyl (C=O) groups excluding carboxylic acids is 1. The molecule has 0 N–H and O–H groups in total. The SMILES string of the molecule is COc1cccc(-c2nnn(CC(=O)N(Cc3ccccn3)C3CCCC3)n2)c1. The van der Waals surface area contributed by atoms with Crippen LogP contribution in [0.3, 0.4) is 0 Å². The van der Waals surface area contributed by atoms with Gasteiger partial charge >= 0.3 is 0 Å². The van der Waals surface area contributed by atoms with E-state index in [1.165, 1.54) is 4.80 Å². The number of hydrogen-bond donors (Lipinski definition) is 0. The molecule has 3 aromatic rings. The molecule has 0 spiro atoms. The molecule has 0 atom stereocenters. The number of nitrogens with zero attached hydrogens (tertiary/aromatic N) is 6. The van der Waals surface area contributed by atoms with Gasteiger partial charge in [0.2, 0.25) is 11.7 Å². The van der Waals surface area contributed by atoms with Crippen LogP contribution in [-0.2, 0) is 17.9 Å². The van der Waals surface area contributed by atoms with Gasteiger partial charge in [0.25, 0.3) is 0 Å². The molecule has 4 rings (SSSR count). The van der Waals surface area contributed by atoms with Crippen molar-refractivity contribution >= 4 is 5.91 Å². The molecule has 2 aromatic heterocycles. The third kappa shape index (κ3) is 4.59. The minimum Gasteiger partial charge on any atom is -0.497 e. The van der Waals surface area contributed by atoms with Crippen molar-refractivity contribution < 1.29 is 9.53 Å². The highest BCUT2D eigenvalue weighted by Gasteiger charge is 2.27.